The number of esters is 1. The topological polar surface area (TPSA) is 46.6 Å². The lowest BCUT2D eigenvalue weighted by Gasteiger charge is -2.43. The molecule has 0 bridgehead atoms. The number of hydrogen-bond donors (Lipinski definition) is 0. The van der Waals surface area contributed by atoms with Crippen LogP contribution in [0.5, 0.6) is 0 Å². The van der Waals surface area contributed by atoms with E-state index in [1.807, 2.05) is 30.3 Å². The lowest BCUT2D eigenvalue weighted by Crippen LogP contribution is -2.56. The van der Waals surface area contributed by atoms with Crippen molar-refractivity contribution in [2.45, 2.75) is 6.04 Å². The van der Waals surface area contributed by atoms with E-state index in [0.717, 1.165) is 5.56 Å². The van der Waals surface area contributed by atoms with Crippen LogP contribution in [0.1, 0.15) is 11.6 Å². The van der Waals surface area contributed by atoms with Crippen molar-refractivity contribution in [3.8, 4) is 0 Å². The fourth-order valence-electron chi connectivity index (χ4n) is 2.06. The smallest absolute Gasteiger partial charge is 0.320 e. The fourth-order valence-corrected chi connectivity index (χ4v) is 2.06. The average molecular weight is 219 g/mol. The second-order valence-corrected chi connectivity index (χ2v) is 3.81. The highest BCUT2D eigenvalue weighted by atomic mass is 16.5. The molecule has 0 spiro atoms. The number of amides is 1. The van der Waals surface area contributed by atoms with Crippen LogP contribution < -0.4 is 0 Å². The first-order valence-corrected chi connectivity index (χ1v) is 5.06. The number of likely N-dealkylation sites (tertiary alicyclic amines) is 1. The summed E-state index contributed by atoms with van der Waals surface area (Å²) >= 11 is 0. The van der Waals surface area contributed by atoms with E-state index >= 15 is 0 Å². The van der Waals surface area contributed by atoms with Gasteiger partial charge in [-0.15, -0.1) is 0 Å². The van der Waals surface area contributed by atoms with Gasteiger partial charge in [0.15, 0.2) is 5.92 Å². The van der Waals surface area contributed by atoms with Crippen LogP contribution in [-0.2, 0) is 14.3 Å². The van der Waals surface area contributed by atoms with Gasteiger partial charge < -0.3 is 9.64 Å². The van der Waals surface area contributed by atoms with Crippen LogP contribution in [0.4, 0.5) is 0 Å². The molecule has 1 aromatic carbocycles. The highest BCUT2D eigenvalue weighted by Gasteiger charge is 2.51. The van der Waals surface area contributed by atoms with Crippen LogP contribution in [0, 0.1) is 5.92 Å². The number of ether oxygens (including phenoxy) is 1. The van der Waals surface area contributed by atoms with Crippen molar-refractivity contribution in [1.29, 1.82) is 0 Å². The Balaban J connectivity index is 2.27. The van der Waals surface area contributed by atoms with E-state index in [-0.39, 0.29) is 11.9 Å². The Hall–Kier alpha value is -1.84. The normalized spacial score (nSPS) is 23.9. The van der Waals surface area contributed by atoms with Gasteiger partial charge >= 0.3 is 5.97 Å². The molecule has 2 rings (SSSR count). The van der Waals surface area contributed by atoms with Crippen LogP contribution in [0.15, 0.2) is 30.3 Å². The van der Waals surface area contributed by atoms with Gasteiger partial charge in [0.2, 0.25) is 5.91 Å². The van der Waals surface area contributed by atoms with E-state index in [4.69, 9.17) is 0 Å². The Morgan fingerprint density at radius 3 is 2.50 bits per heavy atom. The fraction of sp³-hybridized carbons (Fsp3) is 0.333. The van der Waals surface area contributed by atoms with Gasteiger partial charge in [0.05, 0.1) is 13.2 Å². The maximum atomic E-state index is 11.6. The molecule has 0 saturated carbocycles. The van der Waals surface area contributed by atoms with E-state index in [1.165, 1.54) is 7.11 Å². The zero-order chi connectivity index (χ0) is 11.7. The second kappa shape index (κ2) is 3.96. The quantitative estimate of drug-likeness (QED) is 0.423. The molecule has 0 aromatic heterocycles. The molecule has 1 heterocycles. The third-order valence-electron chi connectivity index (χ3n) is 2.94. The summed E-state index contributed by atoms with van der Waals surface area (Å²) in [6.45, 7) is 0. The minimum Gasteiger partial charge on any atom is -0.468 e. The molecule has 1 aliphatic heterocycles. The predicted molar refractivity (Wildman–Crippen MR) is 57.5 cm³/mol. The number of nitrogens with zero attached hydrogens (tertiary/aromatic N) is 1. The van der Waals surface area contributed by atoms with Crippen molar-refractivity contribution in [3.05, 3.63) is 35.9 Å². The van der Waals surface area contributed by atoms with Crippen LogP contribution in [0.3, 0.4) is 0 Å². The molecule has 1 aliphatic rings. The van der Waals surface area contributed by atoms with Crippen LogP contribution in [0.2, 0.25) is 0 Å². The van der Waals surface area contributed by atoms with Gasteiger partial charge in [0, 0.05) is 7.05 Å². The van der Waals surface area contributed by atoms with Gasteiger partial charge in [-0.3, -0.25) is 9.59 Å². The number of carbonyl (C=O) groups is 2. The van der Waals surface area contributed by atoms with E-state index in [2.05, 4.69) is 4.74 Å². The zero-order valence-electron chi connectivity index (χ0n) is 9.21. The summed E-state index contributed by atoms with van der Waals surface area (Å²) in [5.41, 5.74) is 0.958. The van der Waals surface area contributed by atoms with Crippen LogP contribution >= 0.6 is 0 Å². The Labute approximate surface area is 93.8 Å². The molecule has 2 atom stereocenters. The highest BCUT2D eigenvalue weighted by Crippen LogP contribution is 2.39. The summed E-state index contributed by atoms with van der Waals surface area (Å²) < 4.78 is 4.64. The van der Waals surface area contributed by atoms with E-state index in [1.54, 1.807) is 11.9 Å². The molecule has 4 nitrogen and oxygen atoms in total. The average Bonchev–Trinajstić information content (AvgIpc) is 2.34. The first kappa shape index (κ1) is 10.7. The summed E-state index contributed by atoms with van der Waals surface area (Å²) in [5, 5.41) is 0. The molecule has 84 valence electrons. The number of β-lactam (4-membered cyclic amide) rings is 1. The molecule has 16 heavy (non-hydrogen) atoms. The lowest BCUT2D eigenvalue weighted by molar-refractivity contribution is -0.170. The molecule has 0 N–H and O–H groups in total. The highest BCUT2D eigenvalue weighted by molar-refractivity contribution is 6.03. The van der Waals surface area contributed by atoms with Crippen LogP contribution in [0.25, 0.3) is 0 Å². The van der Waals surface area contributed by atoms with Gasteiger partial charge in [-0.1, -0.05) is 30.3 Å². The molecule has 1 aromatic rings. The van der Waals surface area contributed by atoms with Crippen molar-refractivity contribution in [3.63, 3.8) is 0 Å². The molecular formula is C12H13NO3. The summed E-state index contributed by atoms with van der Waals surface area (Å²) in [7, 11) is 3.00. The largest absolute Gasteiger partial charge is 0.468 e. The maximum Gasteiger partial charge on any atom is 0.320 e. The molecule has 0 radical (unpaired) electrons. The first-order valence-electron chi connectivity index (χ1n) is 5.06. The molecule has 1 fully saturated rings. The Morgan fingerprint density at radius 2 is 1.94 bits per heavy atom. The standard InChI is InChI=1S/C12H13NO3/c1-13-10(8-6-4-3-5-7-8)9(11(13)14)12(15)16-2/h3-7,9-10H,1-2H3/t9-,10+/m0/s1. The third-order valence-corrected chi connectivity index (χ3v) is 2.94. The number of carbonyl (C=O) groups excluding carboxylic acids is 2. The van der Waals surface area contributed by atoms with Gasteiger partial charge in [0.1, 0.15) is 0 Å². The summed E-state index contributed by atoms with van der Waals surface area (Å²) in [6, 6.07) is 9.30. The summed E-state index contributed by atoms with van der Waals surface area (Å²) in [4.78, 5) is 24.6. The number of hydrogen-bond acceptors (Lipinski definition) is 3. The number of rotatable bonds is 2. The van der Waals surface area contributed by atoms with Crippen molar-refractivity contribution >= 4 is 11.9 Å². The van der Waals surface area contributed by atoms with Gasteiger partial charge in [-0.2, -0.15) is 0 Å². The van der Waals surface area contributed by atoms with Crippen molar-refractivity contribution in [2.24, 2.45) is 5.92 Å². The maximum absolute atomic E-state index is 11.6. The molecule has 4 heteroatoms. The molecule has 1 saturated heterocycles. The van der Waals surface area contributed by atoms with Crippen molar-refractivity contribution in [1.82, 2.24) is 4.90 Å². The van der Waals surface area contributed by atoms with E-state index in [0.29, 0.717) is 0 Å². The monoisotopic (exact) mass is 219 g/mol. The van der Waals surface area contributed by atoms with Gasteiger partial charge in [-0.25, -0.2) is 0 Å². The minimum absolute atomic E-state index is 0.180. The van der Waals surface area contributed by atoms with Crippen LogP contribution in [-0.4, -0.2) is 30.9 Å². The Morgan fingerprint density at radius 1 is 1.31 bits per heavy atom. The van der Waals surface area contributed by atoms with Gasteiger partial charge in [0.25, 0.3) is 0 Å². The Kier molecular flexibility index (Phi) is 2.64. The predicted octanol–water partition coefficient (Wildman–Crippen LogP) is 0.989. The minimum atomic E-state index is -0.683. The second-order valence-electron chi connectivity index (χ2n) is 3.81. The first-order chi connectivity index (χ1) is 7.66. The number of methoxy groups -OCH3 is 1. The van der Waals surface area contributed by atoms with Crippen molar-refractivity contribution in [2.75, 3.05) is 14.2 Å². The summed E-state index contributed by atoms with van der Waals surface area (Å²) in [6.07, 6.45) is 0. The molecule has 0 aliphatic carbocycles. The Bertz CT molecular complexity index is 408. The van der Waals surface area contributed by atoms with E-state index < -0.39 is 11.9 Å². The zero-order valence-corrected chi connectivity index (χ0v) is 9.21. The molecule has 0 unspecified atom stereocenters. The third kappa shape index (κ3) is 1.46. The molecular weight excluding hydrogens is 206 g/mol. The number of benzene rings is 1. The lowest BCUT2D eigenvalue weighted by atomic mass is 9.83. The SMILES string of the molecule is COC(=O)[C@@H]1C(=O)N(C)[C@@H]1c1ccccc1. The van der Waals surface area contributed by atoms with Gasteiger partial charge in [-0.05, 0) is 5.56 Å². The molecule has 1 amide bonds. The van der Waals surface area contributed by atoms with E-state index in [9.17, 15) is 9.59 Å². The van der Waals surface area contributed by atoms with Crippen molar-refractivity contribution < 1.29 is 14.3 Å². The summed E-state index contributed by atoms with van der Waals surface area (Å²) in [5.74, 6) is -1.32.